The van der Waals surface area contributed by atoms with Crippen molar-refractivity contribution in [2.45, 2.75) is 51.1 Å². The highest BCUT2D eigenvalue weighted by molar-refractivity contribution is 5.84. The number of carbonyl (C=O) groups excluding carboxylic acids is 1. The molecular formula is C11H20N2O. The molecule has 0 radical (unpaired) electrons. The zero-order valence-electron chi connectivity index (χ0n) is 8.91. The van der Waals surface area contributed by atoms with E-state index in [0.29, 0.717) is 6.04 Å². The number of carbonyl (C=O) groups is 1. The van der Waals surface area contributed by atoms with E-state index in [2.05, 4.69) is 6.92 Å². The van der Waals surface area contributed by atoms with Crippen LogP contribution in [-0.2, 0) is 4.79 Å². The van der Waals surface area contributed by atoms with Gasteiger partial charge in [-0.2, -0.15) is 0 Å². The number of rotatable bonds is 3. The first-order valence-corrected chi connectivity index (χ1v) is 5.80. The van der Waals surface area contributed by atoms with Gasteiger partial charge in [-0.15, -0.1) is 0 Å². The molecule has 0 aromatic heterocycles. The first-order chi connectivity index (χ1) is 6.74. The molecule has 14 heavy (non-hydrogen) atoms. The minimum absolute atomic E-state index is 0.184. The van der Waals surface area contributed by atoms with Crippen molar-refractivity contribution in [1.29, 1.82) is 0 Å². The highest BCUT2D eigenvalue weighted by Gasteiger charge is 2.38. The van der Waals surface area contributed by atoms with Crippen molar-refractivity contribution in [2.75, 3.05) is 6.54 Å². The summed E-state index contributed by atoms with van der Waals surface area (Å²) in [5.41, 5.74) is 5.73. The molecule has 80 valence electrons. The van der Waals surface area contributed by atoms with Crippen molar-refractivity contribution in [3.63, 3.8) is 0 Å². The molecular weight excluding hydrogens is 176 g/mol. The standard InChI is InChI=1S/C11H20N2O/c1-2-10(8-4-3-5-8)13-7-6-9(12)11(13)14/h8-10H,2-7,12H2,1H3. The van der Waals surface area contributed by atoms with Crippen LogP contribution in [0.2, 0.25) is 0 Å². The number of nitrogens with zero attached hydrogens (tertiary/aromatic N) is 1. The van der Waals surface area contributed by atoms with Gasteiger partial charge in [0.1, 0.15) is 0 Å². The average Bonchev–Trinajstić information content (AvgIpc) is 2.41. The van der Waals surface area contributed by atoms with E-state index in [-0.39, 0.29) is 11.9 Å². The van der Waals surface area contributed by atoms with Crippen LogP contribution in [-0.4, -0.2) is 29.4 Å². The first kappa shape index (κ1) is 9.97. The van der Waals surface area contributed by atoms with Crippen LogP contribution < -0.4 is 5.73 Å². The summed E-state index contributed by atoms with van der Waals surface area (Å²) in [5, 5.41) is 0. The smallest absolute Gasteiger partial charge is 0.239 e. The van der Waals surface area contributed by atoms with Crippen LogP contribution in [0.4, 0.5) is 0 Å². The molecule has 1 amide bonds. The lowest BCUT2D eigenvalue weighted by molar-refractivity contribution is -0.132. The molecule has 1 saturated carbocycles. The van der Waals surface area contributed by atoms with E-state index in [4.69, 9.17) is 5.73 Å². The number of nitrogens with two attached hydrogens (primary N) is 1. The maximum Gasteiger partial charge on any atom is 0.239 e. The summed E-state index contributed by atoms with van der Waals surface area (Å²) in [4.78, 5) is 13.8. The number of hydrogen-bond donors (Lipinski definition) is 1. The van der Waals surface area contributed by atoms with Gasteiger partial charge in [-0.05, 0) is 31.6 Å². The minimum Gasteiger partial charge on any atom is -0.338 e. The minimum atomic E-state index is -0.218. The Kier molecular flexibility index (Phi) is 2.77. The van der Waals surface area contributed by atoms with Gasteiger partial charge in [-0.1, -0.05) is 13.3 Å². The molecule has 2 unspecified atom stereocenters. The van der Waals surface area contributed by atoms with E-state index in [1.54, 1.807) is 0 Å². The van der Waals surface area contributed by atoms with Crippen LogP contribution in [0.25, 0.3) is 0 Å². The predicted molar refractivity (Wildman–Crippen MR) is 55.7 cm³/mol. The largest absolute Gasteiger partial charge is 0.338 e. The summed E-state index contributed by atoms with van der Waals surface area (Å²) in [5.74, 6) is 0.943. The fourth-order valence-corrected chi connectivity index (χ4v) is 2.69. The molecule has 0 spiro atoms. The van der Waals surface area contributed by atoms with Gasteiger partial charge in [-0.3, -0.25) is 4.79 Å². The third-order valence-electron chi connectivity index (χ3n) is 3.79. The molecule has 3 nitrogen and oxygen atoms in total. The van der Waals surface area contributed by atoms with Crippen LogP contribution in [0.15, 0.2) is 0 Å². The molecule has 2 aliphatic rings. The van der Waals surface area contributed by atoms with Crippen molar-refractivity contribution in [3.8, 4) is 0 Å². The lowest BCUT2D eigenvalue weighted by atomic mass is 9.78. The Balaban J connectivity index is 2.00. The van der Waals surface area contributed by atoms with Gasteiger partial charge in [0.15, 0.2) is 0 Å². The van der Waals surface area contributed by atoms with Gasteiger partial charge in [0, 0.05) is 12.6 Å². The lowest BCUT2D eigenvalue weighted by Gasteiger charge is -2.39. The Labute approximate surface area is 85.6 Å². The van der Waals surface area contributed by atoms with Crippen LogP contribution >= 0.6 is 0 Å². The SMILES string of the molecule is CCC(C1CCC1)N1CCC(N)C1=O. The summed E-state index contributed by atoms with van der Waals surface area (Å²) in [6.07, 6.45) is 5.88. The van der Waals surface area contributed by atoms with Gasteiger partial charge in [0.05, 0.1) is 6.04 Å². The Morgan fingerprint density at radius 3 is 2.57 bits per heavy atom. The normalized spacial score (nSPS) is 30.6. The van der Waals surface area contributed by atoms with Gasteiger partial charge in [0.25, 0.3) is 0 Å². The molecule has 1 saturated heterocycles. The van der Waals surface area contributed by atoms with E-state index in [9.17, 15) is 4.79 Å². The van der Waals surface area contributed by atoms with Crippen LogP contribution in [0.1, 0.15) is 39.0 Å². The second-order valence-electron chi connectivity index (χ2n) is 4.59. The molecule has 2 fully saturated rings. The van der Waals surface area contributed by atoms with Crippen LogP contribution in [0, 0.1) is 5.92 Å². The average molecular weight is 196 g/mol. The molecule has 0 bridgehead atoms. The topological polar surface area (TPSA) is 46.3 Å². The third-order valence-corrected chi connectivity index (χ3v) is 3.79. The number of likely N-dealkylation sites (tertiary alicyclic amines) is 1. The summed E-state index contributed by atoms with van der Waals surface area (Å²) in [6, 6.07) is 0.258. The molecule has 0 aromatic carbocycles. The molecule has 2 rings (SSSR count). The quantitative estimate of drug-likeness (QED) is 0.735. The van der Waals surface area contributed by atoms with Crippen molar-refractivity contribution >= 4 is 5.91 Å². The fraction of sp³-hybridized carbons (Fsp3) is 0.909. The molecule has 1 aliphatic carbocycles. The maximum atomic E-state index is 11.8. The summed E-state index contributed by atoms with van der Waals surface area (Å²) in [7, 11) is 0. The first-order valence-electron chi connectivity index (χ1n) is 5.80. The van der Waals surface area contributed by atoms with Crippen molar-refractivity contribution in [3.05, 3.63) is 0 Å². The zero-order valence-corrected chi connectivity index (χ0v) is 8.91. The van der Waals surface area contributed by atoms with Gasteiger partial charge in [-0.25, -0.2) is 0 Å². The van der Waals surface area contributed by atoms with E-state index < -0.39 is 0 Å². The fourth-order valence-electron chi connectivity index (χ4n) is 2.69. The number of amides is 1. The van der Waals surface area contributed by atoms with E-state index in [0.717, 1.165) is 25.3 Å². The zero-order chi connectivity index (χ0) is 10.1. The summed E-state index contributed by atoms with van der Waals surface area (Å²) >= 11 is 0. The van der Waals surface area contributed by atoms with E-state index in [1.165, 1.54) is 19.3 Å². The van der Waals surface area contributed by atoms with E-state index >= 15 is 0 Å². The molecule has 0 aromatic rings. The summed E-state index contributed by atoms with van der Waals surface area (Å²) < 4.78 is 0. The van der Waals surface area contributed by atoms with Crippen molar-refractivity contribution in [1.82, 2.24) is 4.90 Å². The summed E-state index contributed by atoms with van der Waals surface area (Å²) in [6.45, 7) is 3.06. The Morgan fingerprint density at radius 1 is 1.50 bits per heavy atom. The van der Waals surface area contributed by atoms with Crippen molar-refractivity contribution < 1.29 is 4.79 Å². The third kappa shape index (κ3) is 1.54. The molecule has 2 atom stereocenters. The second kappa shape index (κ2) is 3.89. The van der Waals surface area contributed by atoms with Crippen molar-refractivity contribution in [2.24, 2.45) is 11.7 Å². The van der Waals surface area contributed by atoms with Crippen LogP contribution in [0.3, 0.4) is 0 Å². The Bertz CT molecular complexity index is 225. The molecule has 1 heterocycles. The molecule has 1 aliphatic heterocycles. The second-order valence-corrected chi connectivity index (χ2v) is 4.59. The van der Waals surface area contributed by atoms with Gasteiger partial charge < -0.3 is 10.6 Å². The highest BCUT2D eigenvalue weighted by Crippen LogP contribution is 2.35. The highest BCUT2D eigenvalue weighted by atomic mass is 16.2. The maximum absolute atomic E-state index is 11.8. The molecule has 3 heteroatoms. The van der Waals surface area contributed by atoms with Gasteiger partial charge >= 0.3 is 0 Å². The van der Waals surface area contributed by atoms with Gasteiger partial charge in [0.2, 0.25) is 5.91 Å². The van der Waals surface area contributed by atoms with E-state index in [1.807, 2.05) is 4.90 Å². The Morgan fingerprint density at radius 2 is 2.21 bits per heavy atom. The lowest BCUT2D eigenvalue weighted by Crippen LogP contribution is -2.46. The predicted octanol–water partition coefficient (Wildman–Crippen LogP) is 1.12. The Hall–Kier alpha value is -0.570. The van der Waals surface area contributed by atoms with Crippen LogP contribution in [0.5, 0.6) is 0 Å². The monoisotopic (exact) mass is 196 g/mol. The molecule has 2 N–H and O–H groups in total. The number of hydrogen-bond acceptors (Lipinski definition) is 2.